The lowest BCUT2D eigenvalue weighted by atomic mass is 9.99. The Hall–Kier alpha value is -0.220. The van der Waals surface area contributed by atoms with E-state index in [-0.39, 0.29) is 5.91 Å². The smallest absolute Gasteiger partial charge is 0.221 e. The van der Waals surface area contributed by atoms with Crippen LogP contribution < -0.4 is 10.6 Å². The largest absolute Gasteiger partial charge is 0.353 e. The van der Waals surface area contributed by atoms with E-state index >= 15 is 0 Å². The lowest BCUT2D eigenvalue weighted by Crippen LogP contribution is -2.44. The summed E-state index contributed by atoms with van der Waals surface area (Å²) in [5.74, 6) is 3.19. The van der Waals surface area contributed by atoms with Gasteiger partial charge in [-0.05, 0) is 25.7 Å². The van der Waals surface area contributed by atoms with Gasteiger partial charge in [-0.25, -0.2) is 0 Å². The van der Waals surface area contributed by atoms with Crippen LogP contribution in [-0.2, 0) is 4.79 Å². The minimum absolute atomic E-state index is 0.226. The first-order valence-corrected chi connectivity index (χ1v) is 8.01. The predicted molar refractivity (Wildman–Crippen MR) is 73.3 cm³/mol. The number of amides is 1. The van der Waals surface area contributed by atoms with Crippen molar-refractivity contribution in [3.8, 4) is 0 Å². The highest BCUT2D eigenvalue weighted by atomic mass is 32.2. The topological polar surface area (TPSA) is 41.1 Å². The van der Waals surface area contributed by atoms with Crippen molar-refractivity contribution < 1.29 is 4.79 Å². The molecule has 2 unspecified atom stereocenters. The molecule has 2 aliphatic rings. The van der Waals surface area contributed by atoms with Crippen LogP contribution in [0, 0.1) is 5.92 Å². The van der Waals surface area contributed by atoms with Gasteiger partial charge in [0.05, 0.1) is 0 Å². The molecule has 0 aromatic carbocycles. The van der Waals surface area contributed by atoms with Crippen LogP contribution in [0.25, 0.3) is 0 Å². The van der Waals surface area contributed by atoms with Crippen LogP contribution in [0.2, 0.25) is 0 Å². The SMILES string of the molecule is CC(NC(=O)CC1CSCCN1)C1CCCC1. The molecule has 0 aromatic rings. The Morgan fingerprint density at radius 3 is 2.88 bits per heavy atom. The average molecular weight is 256 g/mol. The summed E-state index contributed by atoms with van der Waals surface area (Å²) < 4.78 is 0. The molecule has 1 aliphatic carbocycles. The van der Waals surface area contributed by atoms with Gasteiger partial charge in [0.25, 0.3) is 0 Å². The van der Waals surface area contributed by atoms with Gasteiger partial charge >= 0.3 is 0 Å². The van der Waals surface area contributed by atoms with Crippen LogP contribution in [0.15, 0.2) is 0 Å². The molecule has 0 radical (unpaired) electrons. The van der Waals surface area contributed by atoms with Crippen molar-refractivity contribution in [3.63, 3.8) is 0 Å². The van der Waals surface area contributed by atoms with E-state index in [2.05, 4.69) is 17.6 Å². The molecule has 0 aromatic heterocycles. The third-order valence-corrected chi connectivity index (χ3v) is 5.06. The summed E-state index contributed by atoms with van der Waals surface area (Å²) in [6.07, 6.45) is 5.90. The van der Waals surface area contributed by atoms with Crippen molar-refractivity contribution in [2.45, 2.75) is 51.1 Å². The fourth-order valence-corrected chi connectivity index (χ4v) is 3.81. The van der Waals surface area contributed by atoms with Gasteiger partial charge in [-0.1, -0.05) is 12.8 Å². The van der Waals surface area contributed by atoms with Crippen LogP contribution in [0.3, 0.4) is 0 Å². The molecule has 1 saturated carbocycles. The summed E-state index contributed by atoms with van der Waals surface area (Å²) in [6.45, 7) is 3.21. The number of thioether (sulfide) groups is 1. The number of nitrogens with one attached hydrogen (secondary N) is 2. The maximum atomic E-state index is 11.9. The molecule has 3 nitrogen and oxygen atoms in total. The van der Waals surface area contributed by atoms with Crippen molar-refractivity contribution in [1.82, 2.24) is 10.6 Å². The molecule has 2 fully saturated rings. The van der Waals surface area contributed by atoms with Gasteiger partial charge < -0.3 is 10.6 Å². The summed E-state index contributed by atoms with van der Waals surface area (Å²) in [6, 6.07) is 0.741. The van der Waals surface area contributed by atoms with Crippen LogP contribution in [0.4, 0.5) is 0 Å². The van der Waals surface area contributed by atoms with E-state index in [1.807, 2.05) is 11.8 Å². The molecular formula is C13H24N2OS. The first kappa shape index (κ1) is 13.2. The van der Waals surface area contributed by atoms with E-state index in [9.17, 15) is 4.79 Å². The Bertz CT molecular complexity index is 248. The second-order valence-corrected chi connectivity index (χ2v) is 6.48. The normalized spacial score (nSPS) is 27.9. The molecule has 2 N–H and O–H groups in total. The van der Waals surface area contributed by atoms with E-state index in [0.717, 1.165) is 12.3 Å². The van der Waals surface area contributed by atoms with E-state index in [1.165, 1.54) is 31.4 Å². The summed E-state index contributed by atoms with van der Waals surface area (Å²) in [7, 11) is 0. The number of carbonyl (C=O) groups excluding carboxylic acids is 1. The molecule has 1 saturated heterocycles. The second-order valence-electron chi connectivity index (χ2n) is 5.33. The summed E-state index contributed by atoms with van der Waals surface area (Å²) in [4.78, 5) is 11.9. The fraction of sp³-hybridized carbons (Fsp3) is 0.923. The molecule has 1 heterocycles. The zero-order valence-corrected chi connectivity index (χ0v) is 11.5. The van der Waals surface area contributed by atoms with Crippen molar-refractivity contribution in [2.24, 2.45) is 5.92 Å². The Balaban J connectivity index is 1.68. The number of hydrogen-bond acceptors (Lipinski definition) is 3. The summed E-state index contributed by atoms with van der Waals surface area (Å²) >= 11 is 1.95. The monoisotopic (exact) mass is 256 g/mol. The highest BCUT2D eigenvalue weighted by Gasteiger charge is 2.24. The minimum atomic E-state index is 0.226. The Kier molecular flexibility index (Phi) is 5.16. The number of hydrogen-bond donors (Lipinski definition) is 2. The van der Waals surface area contributed by atoms with Gasteiger partial charge in [-0.3, -0.25) is 4.79 Å². The number of carbonyl (C=O) groups is 1. The fourth-order valence-electron chi connectivity index (χ4n) is 2.86. The van der Waals surface area contributed by atoms with Gasteiger partial charge in [0, 0.05) is 36.6 Å². The first-order chi connectivity index (χ1) is 8.25. The molecule has 0 bridgehead atoms. The summed E-state index contributed by atoms with van der Waals surface area (Å²) in [5.41, 5.74) is 0. The molecule has 2 atom stereocenters. The standard InChI is InChI=1S/C13H24N2OS/c1-10(11-4-2-3-5-11)15-13(16)8-12-9-17-7-6-14-12/h10-12,14H,2-9H2,1H3,(H,15,16). The quantitative estimate of drug-likeness (QED) is 0.805. The zero-order chi connectivity index (χ0) is 12.1. The van der Waals surface area contributed by atoms with Gasteiger partial charge in [0.2, 0.25) is 5.91 Å². The van der Waals surface area contributed by atoms with Crippen LogP contribution in [0.5, 0.6) is 0 Å². The van der Waals surface area contributed by atoms with Crippen LogP contribution in [0.1, 0.15) is 39.0 Å². The highest BCUT2D eigenvalue weighted by molar-refractivity contribution is 7.99. The lowest BCUT2D eigenvalue weighted by molar-refractivity contribution is -0.122. The van der Waals surface area contributed by atoms with Gasteiger partial charge in [0.1, 0.15) is 0 Å². The molecule has 1 aliphatic heterocycles. The maximum absolute atomic E-state index is 11.9. The number of rotatable bonds is 4. The van der Waals surface area contributed by atoms with E-state index in [0.29, 0.717) is 24.4 Å². The van der Waals surface area contributed by atoms with Crippen molar-refractivity contribution in [3.05, 3.63) is 0 Å². The molecule has 0 spiro atoms. The highest BCUT2D eigenvalue weighted by Crippen LogP contribution is 2.27. The van der Waals surface area contributed by atoms with E-state index in [4.69, 9.17) is 0 Å². The third-order valence-electron chi connectivity index (χ3n) is 3.93. The first-order valence-electron chi connectivity index (χ1n) is 6.86. The molecule has 4 heteroatoms. The average Bonchev–Trinajstić information content (AvgIpc) is 2.83. The van der Waals surface area contributed by atoms with E-state index in [1.54, 1.807) is 0 Å². The third kappa shape index (κ3) is 4.18. The van der Waals surface area contributed by atoms with Crippen molar-refractivity contribution >= 4 is 17.7 Å². The molecule has 98 valence electrons. The predicted octanol–water partition coefficient (Wildman–Crippen LogP) is 1.78. The second kappa shape index (κ2) is 6.64. The molecule has 1 amide bonds. The van der Waals surface area contributed by atoms with Gasteiger partial charge in [-0.15, -0.1) is 0 Å². The maximum Gasteiger partial charge on any atom is 0.221 e. The van der Waals surface area contributed by atoms with Crippen molar-refractivity contribution in [2.75, 3.05) is 18.1 Å². The summed E-state index contributed by atoms with van der Waals surface area (Å²) in [5, 5.41) is 6.59. The van der Waals surface area contributed by atoms with Crippen LogP contribution in [-0.4, -0.2) is 36.0 Å². The van der Waals surface area contributed by atoms with Gasteiger partial charge in [-0.2, -0.15) is 11.8 Å². The Morgan fingerprint density at radius 2 is 2.24 bits per heavy atom. The minimum Gasteiger partial charge on any atom is -0.353 e. The van der Waals surface area contributed by atoms with Gasteiger partial charge in [0.15, 0.2) is 0 Å². The molecule has 17 heavy (non-hydrogen) atoms. The van der Waals surface area contributed by atoms with Crippen LogP contribution >= 0.6 is 11.8 Å². The Labute approximate surface area is 108 Å². The lowest BCUT2D eigenvalue weighted by Gasteiger charge is -2.25. The molecular weight excluding hydrogens is 232 g/mol. The molecule has 2 rings (SSSR count). The zero-order valence-electron chi connectivity index (χ0n) is 10.7. The van der Waals surface area contributed by atoms with Crippen molar-refractivity contribution in [1.29, 1.82) is 0 Å². The Morgan fingerprint density at radius 1 is 1.47 bits per heavy atom. The van der Waals surface area contributed by atoms with E-state index < -0.39 is 0 Å².